The second-order valence-electron chi connectivity index (χ2n) is 3.33. The van der Waals surface area contributed by atoms with E-state index in [1.165, 1.54) is 4.52 Å². The maximum Gasteiger partial charge on any atom is 0.277 e. The van der Waals surface area contributed by atoms with Crippen molar-refractivity contribution in [2.45, 2.75) is 13.3 Å². The van der Waals surface area contributed by atoms with Gasteiger partial charge in [-0.3, -0.25) is 4.79 Å². The molecule has 3 rings (SSSR count). The summed E-state index contributed by atoms with van der Waals surface area (Å²) in [6.07, 6.45) is 2.27. The second kappa shape index (κ2) is 3.09. The van der Waals surface area contributed by atoms with Crippen molar-refractivity contribution in [3.05, 3.63) is 28.4 Å². The van der Waals surface area contributed by atoms with Gasteiger partial charge in [0.15, 0.2) is 11.3 Å². The first-order valence-corrected chi connectivity index (χ1v) is 4.89. The van der Waals surface area contributed by atoms with Gasteiger partial charge < -0.3 is 4.98 Å². The Morgan fingerprint density at radius 2 is 2.31 bits per heavy atom. The number of hydrogen-bond donors (Lipinski definition) is 1. The van der Waals surface area contributed by atoms with E-state index in [-0.39, 0.29) is 11.1 Å². The molecule has 0 saturated carbocycles. The van der Waals surface area contributed by atoms with Crippen LogP contribution in [-0.2, 0) is 6.42 Å². The normalized spacial score (nSPS) is 11.3. The molecule has 0 unspecified atom stereocenters. The highest BCUT2D eigenvalue weighted by Crippen LogP contribution is 2.06. The molecule has 0 bridgehead atoms. The van der Waals surface area contributed by atoms with E-state index in [4.69, 9.17) is 0 Å². The minimum atomic E-state index is -0.277. The van der Waals surface area contributed by atoms with Gasteiger partial charge in [0, 0.05) is 12.6 Å². The van der Waals surface area contributed by atoms with Crippen LogP contribution in [0.4, 0.5) is 0 Å². The number of aromatic amines is 1. The molecule has 3 aromatic heterocycles. The molecule has 0 fully saturated rings. The van der Waals surface area contributed by atoms with Gasteiger partial charge in [-0.2, -0.15) is 9.50 Å². The number of rotatable bonds is 1. The molecule has 0 radical (unpaired) electrons. The van der Waals surface area contributed by atoms with Crippen molar-refractivity contribution in [2.75, 3.05) is 0 Å². The highest BCUT2D eigenvalue weighted by Gasteiger charge is 2.09. The van der Waals surface area contributed by atoms with Gasteiger partial charge >= 0.3 is 0 Å². The quantitative estimate of drug-likeness (QED) is 0.614. The van der Waals surface area contributed by atoms with E-state index in [9.17, 15) is 4.79 Å². The fraction of sp³-hybridized carbons (Fsp3) is 0.222. The maximum absolute atomic E-state index is 11.5. The fourth-order valence-electron chi connectivity index (χ4n) is 1.54. The summed E-state index contributed by atoms with van der Waals surface area (Å²) < 4.78 is 1.54. The van der Waals surface area contributed by atoms with Gasteiger partial charge in [0.25, 0.3) is 11.3 Å². The predicted molar refractivity (Wildman–Crippen MR) is 56.1 cm³/mol. The molecule has 0 aliphatic carbocycles. The molecular weight excluding hydrogens is 208 g/mol. The lowest BCUT2D eigenvalue weighted by Crippen LogP contribution is -2.10. The molecule has 7 nitrogen and oxygen atoms in total. The largest absolute Gasteiger partial charge is 0.327 e. The molecule has 0 aromatic carbocycles. The van der Waals surface area contributed by atoms with Crippen LogP contribution in [0.5, 0.6) is 0 Å². The van der Waals surface area contributed by atoms with Gasteiger partial charge in [-0.15, -0.1) is 15.3 Å². The van der Waals surface area contributed by atoms with Crippen molar-refractivity contribution >= 4 is 16.8 Å². The minimum absolute atomic E-state index is 0.266. The van der Waals surface area contributed by atoms with Gasteiger partial charge in [-0.25, -0.2) is 0 Å². The minimum Gasteiger partial charge on any atom is -0.327 e. The molecule has 0 saturated heterocycles. The van der Waals surface area contributed by atoms with Gasteiger partial charge in [0.2, 0.25) is 0 Å². The summed E-state index contributed by atoms with van der Waals surface area (Å²) in [4.78, 5) is 18.2. The number of fused-ring (bicyclic) bond motifs is 3. The first-order valence-electron chi connectivity index (χ1n) is 4.89. The van der Waals surface area contributed by atoms with Crippen molar-refractivity contribution < 1.29 is 0 Å². The third-order valence-corrected chi connectivity index (χ3v) is 2.33. The Kier molecular flexibility index (Phi) is 1.73. The van der Waals surface area contributed by atoms with Crippen molar-refractivity contribution in [1.29, 1.82) is 0 Å². The lowest BCUT2D eigenvalue weighted by molar-refractivity contribution is 0.890. The van der Waals surface area contributed by atoms with E-state index in [0.717, 1.165) is 0 Å². The molecule has 7 heteroatoms. The third-order valence-electron chi connectivity index (χ3n) is 2.33. The summed E-state index contributed by atoms with van der Waals surface area (Å²) in [6.45, 7) is 1.96. The monoisotopic (exact) mass is 216 g/mol. The summed E-state index contributed by atoms with van der Waals surface area (Å²) >= 11 is 0. The Labute approximate surface area is 89.2 Å². The van der Waals surface area contributed by atoms with Crippen molar-refractivity contribution in [1.82, 2.24) is 29.8 Å². The Morgan fingerprint density at radius 1 is 1.44 bits per heavy atom. The van der Waals surface area contributed by atoms with E-state index < -0.39 is 0 Å². The number of nitrogens with one attached hydrogen (secondary N) is 1. The van der Waals surface area contributed by atoms with Crippen LogP contribution in [0.15, 0.2) is 17.1 Å². The zero-order valence-corrected chi connectivity index (χ0v) is 8.51. The zero-order chi connectivity index (χ0) is 11.1. The fourth-order valence-corrected chi connectivity index (χ4v) is 1.54. The average molecular weight is 216 g/mol. The summed E-state index contributed by atoms with van der Waals surface area (Å²) in [7, 11) is 0. The topological polar surface area (TPSA) is 88.8 Å². The first kappa shape index (κ1) is 8.96. The van der Waals surface area contributed by atoms with E-state index >= 15 is 0 Å². The number of aryl methyl sites for hydroxylation is 1. The van der Waals surface area contributed by atoms with Crippen molar-refractivity contribution in [2.24, 2.45) is 0 Å². The Morgan fingerprint density at radius 3 is 3.12 bits per heavy atom. The van der Waals surface area contributed by atoms with E-state index in [1.54, 1.807) is 12.3 Å². The number of aromatic nitrogens is 6. The van der Waals surface area contributed by atoms with E-state index in [0.29, 0.717) is 23.5 Å². The van der Waals surface area contributed by atoms with Crippen molar-refractivity contribution in [3.63, 3.8) is 0 Å². The van der Waals surface area contributed by atoms with Gasteiger partial charge in [-0.05, 0) is 6.07 Å². The Hall–Kier alpha value is -2.31. The molecule has 1 N–H and O–H groups in total. The summed E-state index contributed by atoms with van der Waals surface area (Å²) in [6, 6.07) is 1.73. The number of H-pyrrole nitrogens is 1. The van der Waals surface area contributed by atoms with Crippen LogP contribution in [0.3, 0.4) is 0 Å². The van der Waals surface area contributed by atoms with Crippen molar-refractivity contribution in [3.8, 4) is 0 Å². The standard InChI is InChI=1S/C9H8N6O/c1-2-6-11-9-13-12-7-5(15(9)14-6)3-4-10-8(7)16/h3-4H,2H2,1H3,(H,10,16). The van der Waals surface area contributed by atoms with Crippen LogP contribution in [0.25, 0.3) is 16.8 Å². The van der Waals surface area contributed by atoms with Gasteiger partial charge in [0.1, 0.15) is 5.52 Å². The molecule has 3 heterocycles. The highest BCUT2D eigenvalue weighted by molar-refractivity contribution is 5.73. The number of nitrogens with zero attached hydrogens (tertiary/aromatic N) is 5. The van der Waals surface area contributed by atoms with E-state index in [2.05, 4.69) is 25.3 Å². The molecular formula is C9H8N6O. The Balaban J connectivity index is 2.53. The lowest BCUT2D eigenvalue weighted by Gasteiger charge is -1.95. The molecule has 80 valence electrons. The SMILES string of the molecule is CCc1nc2nnc3c(=O)[nH]ccc3n2n1. The predicted octanol–water partition coefficient (Wildman–Crippen LogP) is -0.0768. The molecule has 0 atom stereocenters. The van der Waals surface area contributed by atoms with Crippen LogP contribution in [-0.4, -0.2) is 29.8 Å². The molecule has 0 spiro atoms. The number of pyridine rings is 1. The molecule has 0 aliphatic rings. The summed E-state index contributed by atoms with van der Waals surface area (Å²) in [5.74, 6) is 1.09. The molecule has 0 amide bonds. The van der Waals surface area contributed by atoms with Crippen LogP contribution < -0.4 is 5.56 Å². The van der Waals surface area contributed by atoms with Gasteiger partial charge in [-0.1, -0.05) is 6.92 Å². The third kappa shape index (κ3) is 1.11. The zero-order valence-electron chi connectivity index (χ0n) is 8.51. The van der Waals surface area contributed by atoms with E-state index in [1.807, 2.05) is 6.92 Å². The maximum atomic E-state index is 11.5. The van der Waals surface area contributed by atoms with Gasteiger partial charge in [0.05, 0.1) is 0 Å². The average Bonchev–Trinajstić information content (AvgIpc) is 2.72. The second-order valence-corrected chi connectivity index (χ2v) is 3.33. The molecule has 16 heavy (non-hydrogen) atoms. The summed E-state index contributed by atoms with van der Waals surface area (Å²) in [5, 5.41) is 11.9. The smallest absolute Gasteiger partial charge is 0.277 e. The van der Waals surface area contributed by atoms with Crippen LogP contribution in [0.1, 0.15) is 12.7 Å². The van der Waals surface area contributed by atoms with Crippen LogP contribution in [0.2, 0.25) is 0 Å². The molecule has 0 aliphatic heterocycles. The van der Waals surface area contributed by atoms with Crippen LogP contribution in [0, 0.1) is 0 Å². The Bertz CT molecular complexity index is 728. The number of hydrogen-bond acceptors (Lipinski definition) is 5. The van der Waals surface area contributed by atoms with Crippen LogP contribution >= 0.6 is 0 Å². The highest BCUT2D eigenvalue weighted by atomic mass is 16.1. The summed E-state index contributed by atoms with van der Waals surface area (Å²) in [5.41, 5.74) is 0.601. The first-order chi connectivity index (χ1) is 7.79. The molecule has 3 aromatic rings. The lowest BCUT2D eigenvalue weighted by atomic mass is 10.4.